The van der Waals surface area contributed by atoms with Crippen LogP contribution < -0.4 is 5.32 Å². The minimum atomic E-state index is -0.372. The number of piperidine rings is 1. The number of hydrogen-bond acceptors (Lipinski definition) is 4. The lowest BCUT2D eigenvalue weighted by atomic mass is 9.93. The number of nitrogens with zero attached hydrogens (tertiary/aromatic N) is 3. The Morgan fingerprint density at radius 2 is 2.25 bits per heavy atom. The van der Waals surface area contributed by atoms with E-state index in [0.717, 1.165) is 18.7 Å². The van der Waals surface area contributed by atoms with Gasteiger partial charge >= 0.3 is 0 Å². The van der Waals surface area contributed by atoms with Gasteiger partial charge in [-0.1, -0.05) is 26.0 Å². The average molecular weight is 224 g/mol. The molecule has 0 amide bonds. The highest BCUT2D eigenvalue weighted by Crippen LogP contribution is 2.23. The van der Waals surface area contributed by atoms with Gasteiger partial charge in [-0.3, -0.25) is 0 Å². The molecule has 0 spiro atoms. The van der Waals surface area contributed by atoms with Gasteiger partial charge in [-0.2, -0.15) is 0 Å². The highest BCUT2D eigenvalue weighted by molar-refractivity contribution is 5.07. The van der Waals surface area contributed by atoms with Gasteiger partial charge in [0.1, 0.15) is 0 Å². The molecule has 2 rings (SSSR count). The van der Waals surface area contributed by atoms with Gasteiger partial charge < -0.3 is 10.4 Å². The van der Waals surface area contributed by atoms with Crippen LogP contribution in [0.25, 0.3) is 0 Å². The van der Waals surface area contributed by atoms with E-state index in [2.05, 4.69) is 36.4 Å². The second-order valence-electron chi connectivity index (χ2n) is 5.46. The molecule has 0 bridgehead atoms. The van der Waals surface area contributed by atoms with Gasteiger partial charge in [0, 0.05) is 18.2 Å². The molecule has 2 N–H and O–H groups in total. The number of β-amino-alcohol motifs (C(OH)–C–C–N with tert-alkyl or cyclic N) is 1. The molecule has 2 heterocycles. The lowest BCUT2D eigenvalue weighted by molar-refractivity contribution is 0.0800. The molecule has 1 aromatic rings. The van der Waals surface area contributed by atoms with E-state index in [1.54, 1.807) is 0 Å². The van der Waals surface area contributed by atoms with Gasteiger partial charge in [-0.15, -0.1) is 5.10 Å². The van der Waals surface area contributed by atoms with Crippen LogP contribution in [0.4, 0.5) is 0 Å². The number of aliphatic hydroxyl groups is 1. The molecule has 0 saturated carbocycles. The Morgan fingerprint density at radius 1 is 1.50 bits per heavy atom. The molecule has 1 aliphatic heterocycles. The van der Waals surface area contributed by atoms with Crippen molar-refractivity contribution in [2.24, 2.45) is 0 Å². The van der Waals surface area contributed by atoms with Crippen molar-refractivity contribution in [3.05, 3.63) is 11.9 Å². The van der Waals surface area contributed by atoms with Crippen molar-refractivity contribution >= 4 is 0 Å². The van der Waals surface area contributed by atoms with Gasteiger partial charge in [-0.25, -0.2) is 4.68 Å². The van der Waals surface area contributed by atoms with E-state index in [4.69, 9.17) is 0 Å². The Kier molecular flexibility index (Phi) is 2.99. The summed E-state index contributed by atoms with van der Waals surface area (Å²) in [6.45, 7) is 7.89. The van der Waals surface area contributed by atoms with Gasteiger partial charge in [0.25, 0.3) is 0 Å². The third kappa shape index (κ3) is 2.25. The summed E-state index contributed by atoms with van der Waals surface area (Å²) in [7, 11) is 0. The van der Waals surface area contributed by atoms with E-state index >= 15 is 0 Å². The number of hydrogen-bond donors (Lipinski definition) is 2. The molecule has 90 valence electrons. The SMILES string of the molecule is CC(C)(C)c1cn(C2CCNC[C@H]2O)nn1. The minimum absolute atomic E-state index is 0.0100. The zero-order valence-corrected chi connectivity index (χ0v) is 10.1. The standard InChI is InChI=1S/C11H20N4O/c1-11(2,3)10-7-15(14-13-10)8-4-5-12-6-9(8)16/h7-9,12,16H,4-6H2,1-3H3/t8?,9-/m1/s1. The number of aliphatic hydroxyl groups excluding tert-OH is 1. The van der Waals surface area contributed by atoms with E-state index in [1.807, 2.05) is 10.9 Å². The first-order valence-corrected chi connectivity index (χ1v) is 5.79. The highest BCUT2D eigenvalue weighted by Gasteiger charge is 2.27. The second-order valence-corrected chi connectivity index (χ2v) is 5.46. The summed E-state index contributed by atoms with van der Waals surface area (Å²) in [6, 6.07) is 0.0600. The maximum absolute atomic E-state index is 9.88. The topological polar surface area (TPSA) is 63.0 Å². The van der Waals surface area contributed by atoms with E-state index < -0.39 is 0 Å². The van der Waals surface area contributed by atoms with Crippen molar-refractivity contribution in [3.8, 4) is 0 Å². The van der Waals surface area contributed by atoms with Gasteiger partial charge in [0.15, 0.2) is 0 Å². The molecular formula is C11H20N4O. The summed E-state index contributed by atoms with van der Waals surface area (Å²) in [5, 5.41) is 21.4. The Balaban J connectivity index is 2.18. The molecule has 0 aromatic carbocycles. The summed E-state index contributed by atoms with van der Waals surface area (Å²) in [5.41, 5.74) is 0.981. The first kappa shape index (κ1) is 11.5. The fraction of sp³-hybridized carbons (Fsp3) is 0.818. The predicted molar refractivity (Wildman–Crippen MR) is 61.3 cm³/mol. The van der Waals surface area contributed by atoms with Crippen LogP contribution >= 0.6 is 0 Å². The van der Waals surface area contributed by atoms with Crippen molar-refractivity contribution in [3.63, 3.8) is 0 Å². The van der Waals surface area contributed by atoms with E-state index in [-0.39, 0.29) is 17.6 Å². The fourth-order valence-electron chi connectivity index (χ4n) is 1.92. The quantitative estimate of drug-likeness (QED) is 0.728. The van der Waals surface area contributed by atoms with Crippen LogP contribution in [-0.4, -0.2) is 39.3 Å². The minimum Gasteiger partial charge on any atom is -0.390 e. The van der Waals surface area contributed by atoms with Crippen molar-refractivity contribution in [2.75, 3.05) is 13.1 Å². The summed E-state index contributed by atoms with van der Waals surface area (Å²) in [4.78, 5) is 0. The normalized spacial score (nSPS) is 27.0. The van der Waals surface area contributed by atoms with Crippen molar-refractivity contribution in [1.82, 2.24) is 20.3 Å². The largest absolute Gasteiger partial charge is 0.390 e. The molecule has 1 fully saturated rings. The van der Waals surface area contributed by atoms with Crippen LogP contribution in [0.3, 0.4) is 0 Å². The Morgan fingerprint density at radius 3 is 2.81 bits per heavy atom. The molecule has 0 radical (unpaired) electrons. The number of rotatable bonds is 1. The van der Waals surface area contributed by atoms with E-state index in [1.165, 1.54) is 0 Å². The zero-order chi connectivity index (χ0) is 11.8. The number of nitrogens with one attached hydrogen (secondary N) is 1. The van der Waals surface area contributed by atoms with Crippen LogP contribution in [0.1, 0.15) is 38.9 Å². The monoisotopic (exact) mass is 224 g/mol. The van der Waals surface area contributed by atoms with Crippen LogP contribution in [0, 0.1) is 0 Å². The van der Waals surface area contributed by atoms with Crippen LogP contribution in [-0.2, 0) is 5.41 Å². The fourth-order valence-corrected chi connectivity index (χ4v) is 1.92. The summed E-state index contributed by atoms with van der Waals surface area (Å²) >= 11 is 0. The second kappa shape index (κ2) is 4.14. The van der Waals surface area contributed by atoms with Crippen molar-refractivity contribution < 1.29 is 5.11 Å². The Bertz CT molecular complexity index is 355. The molecule has 1 saturated heterocycles. The molecule has 5 nitrogen and oxygen atoms in total. The maximum Gasteiger partial charge on any atom is 0.0889 e. The Hall–Kier alpha value is -0.940. The molecule has 2 atom stereocenters. The predicted octanol–water partition coefficient (Wildman–Crippen LogP) is 0.471. The molecule has 5 heteroatoms. The lowest BCUT2D eigenvalue weighted by Gasteiger charge is -2.28. The molecule has 1 unspecified atom stereocenters. The van der Waals surface area contributed by atoms with Gasteiger partial charge in [0.2, 0.25) is 0 Å². The van der Waals surface area contributed by atoms with E-state index in [0.29, 0.717) is 6.54 Å². The molecule has 16 heavy (non-hydrogen) atoms. The molecular weight excluding hydrogens is 204 g/mol. The lowest BCUT2D eigenvalue weighted by Crippen LogP contribution is -2.41. The third-order valence-corrected chi connectivity index (χ3v) is 3.03. The average Bonchev–Trinajstić information content (AvgIpc) is 2.66. The number of aromatic nitrogens is 3. The first-order valence-electron chi connectivity index (χ1n) is 5.79. The zero-order valence-electron chi connectivity index (χ0n) is 10.1. The van der Waals surface area contributed by atoms with Crippen LogP contribution in [0.5, 0.6) is 0 Å². The van der Waals surface area contributed by atoms with E-state index in [9.17, 15) is 5.11 Å². The third-order valence-electron chi connectivity index (χ3n) is 3.03. The maximum atomic E-state index is 9.88. The van der Waals surface area contributed by atoms with Crippen LogP contribution in [0.2, 0.25) is 0 Å². The Labute approximate surface area is 95.8 Å². The smallest absolute Gasteiger partial charge is 0.0889 e. The summed E-state index contributed by atoms with van der Waals surface area (Å²) < 4.78 is 1.81. The molecule has 0 aliphatic carbocycles. The summed E-state index contributed by atoms with van der Waals surface area (Å²) in [5.74, 6) is 0. The van der Waals surface area contributed by atoms with Gasteiger partial charge in [-0.05, 0) is 13.0 Å². The van der Waals surface area contributed by atoms with Gasteiger partial charge in [0.05, 0.1) is 17.8 Å². The van der Waals surface area contributed by atoms with Crippen molar-refractivity contribution in [2.45, 2.75) is 44.8 Å². The summed E-state index contributed by atoms with van der Waals surface area (Å²) in [6.07, 6.45) is 2.48. The highest BCUT2D eigenvalue weighted by atomic mass is 16.3. The molecule has 1 aliphatic rings. The molecule has 1 aromatic heterocycles. The first-order chi connectivity index (χ1) is 7.48. The van der Waals surface area contributed by atoms with Crippen LogP contribution in [0.15, 0.2) is 6.20 Å². The van der Waals surface area contributed by atoms with Crippen molar-refractivity contribution in [1.29, 1.82) is 0 Å².